The maximum atomic E-state index is 11.9. The van der Waals surface area contributed by atoms with Crippen molar-refractivity contribution in [1.82, 2.24) is 5.32 Å². The zero-order chi connectivity index (χ0) is 14.3. The van der Waals surface area contributed by atoms with Crippen LogP contribution in [-0.4, -0.2) is 30.8 Å². The van der Waals surface area contributed by atoms with Gasteiger partial charge in [-0.25, -0.2) is 0 Å². The Hall–Kier alpha value is -1.55. The van der Waals surface area contributed by atoms with Gasteiger partial charge in [-0.1, -0.05) is 31.9 Å². The predicted octanol–water partition coefficient (Wildman–Crippen LogP) is 1.91. The normalized spacial score (nSPS) is 13.7. The SMILES string of the molecule is CCCCC(O)(Cc1ccc(OC)cc1)C(=O)NC. The van der Waals surface area contributed by atoms with Gasteiger partial charge in [-0.3, -0.25) is 4.79 Å². The van der Waals surface area contributed by atoms with E-state index >= 15 is 0 Å². The van der Waals surface area contributed by atoms with Gasteiger partial charge in [0.1, 0.15) is 11.4 Å². The highest BCUT2D eigenvalue weighted by molar-refractivity contribution is 5.84. The number of ether oxygens (including phenoxy) is 1. The van der Waals surface area contributed by atoms with Gasteiger partial charge < -0.3 is 15.2 Å². The van der Waals surface area contributed by atoms with Crippen molar-refractivity contribution >= 4 is 5.91 Å². The van der Waals surface area contributed by atoms with E-state index in [1.165, 1.54) is 0 Å². The van der Waals surface area contributed by atoms with Crippen LogP contribution in [0.25, 0.3) is 0 Å². The third kappa shape index (κ3) is 4.24. The highest BCUT2D eigenvalue weighted by atomic mass is 16.5. The number of benzene rings is 1. The Labute approximate surface area is 114 Å². The Morgan fingerprint density at radius 1 is 1.37 bits per heavy atom. The molecule has 0 fully saturated rings. The Balaban J connectivity index is 2.83. The molecule has 2 N–H and O–H groups in total. The molecule has 0 aliphatic heterocycles. The minimum atomic E-state index is -1.33. The lowest BCUT2D eigenvalue weighted by Gasteiger charge is -2.26. The quantitative estimate of drug-likeness (QED) is 0.791. The molecule has 1 unspecified atom stereocenters. The highest BCUT2D eigenvalue weighted by Gasteiger charge is 2.34. The van der Waals surface area contributed by atoms with Crippen LogP contribution in [0.4, 0.5) is 0 Å². The molecule has 4 heteroatoms. The molecule has 0 aliphatic carbocycles. The van der Waals surface area contributed by atoms with E-state index in [9.17, 15) is 9.90 Å². The average Bonchev–Trinajstić information content (AvgIpc) is 2.45. The summed E-state index contributed by atoms with van der Waals surface area (Å²) in [4.78, 5) is 11.9. The first-order valence-electron chi connectivity index (χ1n) is 6.63. The third-order valence-corrected chi connectivity index (χ3v) is 3.25. The summed E-state index contributed by atoms with van der Waals surface area (Å²) >= 11 is 0. The lowest BCUT2D eigenvalue weighted by atomic mass is 9.88. The highest BCUT2D eigenvalue weighted by Crippen LogP contribution is 2.22. The molecule has 0 bridgehead atoms. The number of likely N-dealkylation sites (N-methyl/N-ethyl adjacent to an activating group) is 1. The van der Waals surface area contributed by atoms with E-state index < -0.39 is 5.60 Å². The van der Waals surface area contributed by atoms with E-state index in [1.807, 2.05) is 31.2 Å². The van der Waals surface area contributed by atoms with E-state index in [-0.39, 0.29) is 5.91 Å². The largest absolute Gasteiger partial charge is 0.497 e. The van der Waals surface area contributed by atoms with Crippen LogP contribution < -0.4 is 10.1 Å². The van der Waals surface area contributed by atoms with Crippen LogP contribution in [0.1, 0.15) is 31.7 Å². The van der Waals surface area contributed by atoms with E-state index in [2.05, 4.69) is 5.32 Å². The fourth-order valence-corrected chi connectivity index (χ4v) is 2.07. The average molecular weight is 265 g/mol. The van der Waals surface area contributed by atoms with Crippen molar-refractivity contribution in [2.45, 2.75) is 38.2 Å². The summed E-state index contributed by atoms with van der Waals surface area (Å²) < 4.78 is 5.09. The maximum Gasteiger partial charge on any atom is 0.252 e. The van der Waals surface area contributed by atoms with Crippen molar-refractivity contribution < 1.29 is 14.6 Å². The first-order valence-corrected chi connectivity index (χ1v) is 6.63. The minimum absolute atomic E-state index is 0.316. The van der Waals surface area contributed by atoms with Gasteiger partial charge in [0.2, 0.25) is 0 Å². The van der Waals surface area contributed by atoms with Crippen molar-refractivity contribution in [3.63, 3.8) is 0 Å². The second kappa shape index (κ2) is 7.14. The standard InChI is InChI=1S/C15H23NO3/c1-4-5-10-15(18,14(17)16-2)11-12-6-8-13(19-3)9-7-12/h6-9,18H,4-5,10-11H2,1-3H3,(H,16,17). The molecule has 1 aromatic rings. The fourth-order valence-electron chi connectivity index (χ4n) is 2.07. The van der Waals surface area contributed by atoms with Crippen LogP contribution in [0, 0.1) is 0 Å². The Kier molecular flexibility index (Phi) is 5.83. The number of hydrogen-bond acceptors (Lipinski definition) is 3. The summed E-state index contributed by atoms with van der Waals surface area (Å²) in [6.45, 7) is 2.04. The topological polar surface area (TPSA) is 58.6 Å². The third-order valence-electron chi connectivity index (χ3n) is 3.25. The number of unbranched alkanes of at least 4 members (excludes halogenated alkanes) is 1. The molecule has 1 amide bonds. The van der Waals surface area contributed by atoms with E-state index in [0.29, 0.717) is 12.8 Å². The number of amides is 1. The van der Waals surface area contributed by atoms with Gasteiger partial charge in [-0.05, 0) is 24.1 Å². The zero-order valence-corrected chi connectivity index (χ0v) is 11.9. The summed E-state index contributed by atoms with van der Waals surface area (Å²) in [5.41, 5.74) is -0.415. The lowest BCUT2D eigenvalue weighted by Crippen LogP contribution is -2.47. The van der Waals surface area contributed by atoms with Crippen molar-refractivity contribution in [2.24, 2.45) is 0 Å². The van der Waals surface area contributed by atoms with Crippen molar-refractivity contribution in [3.05, 3.63) is 29.8 Å². The molecule has 106 valence electrons. The molecule has 0 aromatic heterocycles. The number of rotatable bonds is 7. The summed E-state index contributed by atoms with van der Waals surface area (Å²) in [7, 11) is 3.16. The summed E-state index contributed by atoms with van der Waals surface area (Å²) in [5, 5.41) is 13.1. The van der Waals surface area contributed by atoms with E-state index in [0.717, 1.165) is 24.2 Å². The molecule has 0 saturated carbocycles. The number of nitrogens with one attached hydrogen (secondary N) is 1. The second-order valence-electron chi connectivity index (χ2n) is 4.74. The molecule has 1 rings (SSSR count). The molecule has 0 saturated heterocycles. The fraction of sp³-hybridized carbons (Fsp3) is 0.533. The molecule has 19 heavy (non-hydrogen) atoms. The molecule has 4 nitrogen and oxygen atoms in total. The smallest absolute Gasteiger partial charge is 0.252 e. The first-order chi connectivity index (χ1) is 9.05. The van der Waals surface area contributed by atoms with Crippen LogP contribution in [0.2, 0.25) is 0 Å². The molecule has 0 spiro atoms. The second-order valence-corrected chi connectivity index (χ2v) is 4.74. The Morgan fingerprint density at radius 2 is 2.00 bits per heavy atom. The molecule has 1 aromatic carbocycles. The Bertz CT molecular complexity index is 402. The van der Waals surface area contributed by atoms with Gasteiger partial charge in [0.25, 0.3) is 5.91 Å². The zero-order valence-electron chi connectivity index (χ0n) is 11.9. The van der Waals surface area contributed by atoms with Gasteiger partial charge in [0, 0.05) is 13.5 Å². The van der Waals surface area contributed by atoms with Crippen LogP contribution in [-0.2, 0) is 11.2 Å². The van der Waals surface area contributed by atoms with Gasteiger partial charge in [0.15, 0.2) is 0 Å². The van der Waals surface area contributed by atoms with Crippen LogP contribution in [0.15, 0.2) is 24.3 Å². The van der Waals surface area contributed by atoms with E-state index in [1.54, 1.807) is 14.2 Å². The molecule has 0 radical (unpaired) electrons. The lowest BCUT2D eigenvalue weighted by molar-refractivity contribution is -0.140. The molecular formula is C15H23NO3. The molecule has 1 atom stereocenters. The minimum Gasteiger partial charge on any atom is -0.497 e. The summed E-state index contributed by atoms with van der Waals surface area (Å²) in [6.07, 6.45) is 2.55. The molecule has 0 aliphatic rings. The molecular weight excluding hydrogens is 242 g/mol. The van der Waals surface area contributed by atoms with Gasteiger partial charge in [-0.15, -0.1) is 0 Å². The van der Waals surface area contributed by atoms with Crippen molar-refractivity contribution in [1.29, 1.82) is 0 Å². The number of aliphatic hydroxyl groups is 1. The number of carbonyl (C=O) groups excluding carboxylic acids is 1. The number of carbonyl (C=O) groups is 1. The first kappa shape index (κ1) is 15.5. The summed E-state index contributed by atoms with van der Waals surface area (Å²) in [5.74, 6) is 0.442. The van der Waals surface area contributed by atoms with Crippen LogP contribution in [0.3, 0.4) is 0 Å². The maximum absolute atomic E-state index is 11.9. The van der Waals surface area contributed by atoms with E-state index in [4.69, 9.17) is 4.74 Å². The van der Waals surface area contributed by atoms with Gasteiger partial charge >= 0.3 is 0 Å². The summed E-state index contributed by atoms with van der Waals surface area (Å²) in [6, 6.07) is 7.41. The van der Waals surface area contributed by atoms with Gasteiger partial charge in [0.05, 0.1) is 7.11 Å². The number of methoxy groups -OCH3 is 1. The van der Waals surface area contributed by atoms with Gasteiger partial charge in [-0.2, -0.15) is 0 Å². The predicted molar refractivity (Wildman–Crippen MR) is 75.2 cm³/mol. The number of hydrogen-bond donors (Lipinski definition) is 2. The van der Waals surface area contributed by atoms with Crippen LogP contribution in [0.5, 0.6) is 5.75 Å². The Morgan fingerprint density at radius 3 is 2.47 bits per heavy atom. The monoisotopic (exact) mass is 265 g/mol. The van der Waals surface area contributed by atoms with Crippen molar-refractivity contribution in [2.75, 3.05) is 14.2 Å². The molecule has 0 heterocycles. The van der Waals surface area contributed by atoms with Crippen molar-refractivity contribution in [3.8, 4) is 5.75 Å². The van der Waals surface area contributed by atoms with Crippen LogP contribution >= 0.6 is 0 Å².